The summed E-state index contributed by atoms with van der Waals surface area (Å²) in [5.74, 6) is 0.461. The molecule has 3 unspecified atom stereocenters. The van der Waals surface area contributed by atoms with Crippen LogP contribution in [0.3, 0.4) is 0 Å². The lowest BCUT2D eigenvalue weighted by Crippen LogP contribution is -2.23. The molecular formula is C24H35OPS. The van der Waals surface area contributed by atoms with Crippen molar-refractivity contribution < 1.29 is 5.11 Å². The van der Waals surface area contributed by atoms with E-state index in [1.54, 1.807) is 0 Å². The smallest absolute Gasteiger partial charge is 0.122 e. The van der Waals surface area contributed by atoms with Crippen LogP contribution in [-0.4, -0.2) is 5.11 Å². The summed E-state index contributed by atoms with van der Waals surface area (Å²) < 4.78 is 0. The zero-order chi connectivity index (χ0) is 20.4. The molecule has 0 aliphatic heterocycles. The number of rotatable bonds is 6. The minimum atomic E-state index is -0.0936. The molecule has 0 saturated carbocycles. The molecule has 2 rings (SSSR count). The van der Waals surface area contributed by atoms with Crippen LogP contribution < -0.4 is 5.30 Å². The number of thiol groups is 1. The Morgan fingerprint density at radius 1 is 1.11 bits per heavy atom. The van der Waals surface area contributed by atoms with Gasteiger partial charge in [-0.05, 0) is 47.7 Å². The Morgan fingerprint density at radius 2 is 1.74 bits per heavy atom. The maximum Gasteiger partial charge on any atom is 0.122 e. The highest BCUT2D eigenvalue weighted by atomic mass is 32.1. The third-order valence-corrected chi connectivity index (χ3v) is 7.41. The Hall–Kier alpha value is -0.980. The molecule has 1 N–H and O–H groups in total. The maximum absolute atomic E-state index is 11.0. The van der Waals surface area contributed by atoms with Crippen LogP contribution >= 0.6 is 21.2 Å². The van der Waals surface area contributed by atoms with Gasteiger partial charge in [0.15, 0.2) is 0 Å². The van der Waals surface area contributed by atoms with Crippen LogP contribution in [0.5, 0.6) is 5.75 Å². The van der Waals surface area contributed by atoms with Gasteiger partial charge < -0.3 is 5.11 Å². The lowest BCUT2D eigenvalue weighted by atomic mass is 9.82. The van der Waals surface area contributed by atoms with Crippen molar-refractivity contribution in [2.45, 2.75) is 77.1 Å². The second-order valence-corrected chi connectivity index (χ2v) is 11.6. The van der Waals surface area contributed by atoms with E-state index in [9.17, 15) is 5.11 Å². The highest BCUT2D eigenvalue weighted by Gasteiger charge is 2.32. The van der Waals surface area contributed by atoms with Crippen LogP contribution in [-0.2, 0) is 10.6 Å². The second kappa shape index (κ2) is 8.58. The van der Waals surface area contributed by atoms with Crippen molar-refractivity contribution in [2.24, 2.45) is 0 Å². The first kappa shape index (κ1) is 22.3. The van der Waals surface area contributed by atoms with Crippen molar-refractivity contribution in [2.75, 3.05) is 0 Å². The van der Waals surface area contributed by atoms with Crippen LogP contribution in [0.4, 0.5) is 0 Å². The fourth-order valence-corrected chi connectivity index (χ4v) is 5.94. The summed E-state index contributed by atoms with van der Waals surface area (Å²) in [6.45, 7) is 15.4. The van der Waals surface area contributed by atoms with Gasteiger partial charge >= 0.3 is 0 Å². The normalized spacial score (nSPS) is 15.9. The van der Waals surface area contributed by atoms with E-state index >= 15 is 0 Å². The average molecular weight is 403 g/mol. The molecular weight excluding hydrogens is 367 g/mol. The largest absolute Gasteiger partial charge is 0.507 e. The zero-order valence-corrected chi connectivity index (χ0v) is 19.7. The molecule has 0 aliphatic carbocycles. The Kier molecular flexibility index (Phi) is 7.09. The Morgan fingerprint density at radius 3 is 2.30 bits per heavy atom. The molecule has 0 amide bonds. The molecule has 0 aromatic heterocycles. The summed E-state index contributed by atoms with van der Waals surface area (Å²) in [4.78, 5) is 0. The summed E-state index contributed by atoms with van der Waals surface area (Å²) in [5.41, 5.74) is 4.70. The predicted molar refractivity (Wildman–Crippen MR) is 126 cm³/mol. The van der Waals surface area contributed by atoms with Crippen LogP contribution in [0, 0.1) is 6.92 Å². The summed E-state index contributed by atoms with van der Waals surface area (Å²) in [7, 11) is 0.588. The SMILES string of the molecule is CCCC(C)(Pc1ccccc1C(C)S)c1cc(C(C)(C)C)cc(C)c1O. The van der Waals surface area contributed by atoms with E-state index in [0.29, 0.717) is 14.3 Å². The second-order valence-electron chi connectivity index (χ2n) is 8.91. The lowest BCUT2D eigenvalue weighted by Gasteiger charge is -2.34. The van der Waals surface area contributed by atoms with E-state index < -0.39 is 0 Å². The molecule has 1 nitrogen and oxygen atoms in total. The first-order valence-electron chi connectivity index (χ1n) is 9.89. The van der Waals surface area contributed by atoms with Crippen molar-refractivity contribution in [3.05, 3.63) is 58.7 Å². The van der Waals surface area contributed by atoms with Gasteiger partial charge in [0.2, 0.25) is 0 Å². The van der Waals surface area contributed by atoms with Crippen molar-refractivity contribution in [1.29, 1.82) is 0 Å². The molecule has 2 aromatic rings. The Bertz CT molecular complexity index is 791. The standard InChI is InChI=1S/C24H35OPS/c1-8-13-24(7,26-21-12-10-9-11-19(21)17(3)27)20-15-18(23(4,5)6)14-16(2)22(20)25/h9-12,14-15,17,25-27H,8,13H2,1-7H3. The molecule has 0 aliphatic rings. The summed E-state index contributed by atoms with van der Waals surface area (Å²) in [6.07, 6.45) is 2.13. The number of phenolic OH excluding ortho intramolecular Hbond substituents is 1. The zero-order valence-electron chi connectivity index (χ0n) is 17.9. The minimum absolute atomic E-state index is 0.0565. The lowest BCUT2D eigenvalue weighted by molar-refractivity contribution is 0.447. The van der Waals surface area contributed by atoms with Crippen LogP contribution in [0.15, 0.2) is 36.4 Å². The first-order valence-corrected chi connectivity index (χ1v) is 11.4. The fourth-order valence-electron chi connectivity index (χ4n) is 3.67. The molecule has 2 aromatic carbocycles. The third kappa shape index (κ3) is 5.09. The molecule has 3 heteroatoms. The third-order valence-electron chi connectivity index (χ3n) is 5.33. The quantitative estimate of drug-likeness (QED) is 0.393. The van der Waals surface area contributed by atoms with E-state index in [4.69, 9.17) is 12.6 Å². The number of aryl methyl sites for hydroxylation is 1. The average Bonchev–Trinajstić information content (AvgIpc) is 2.56. The van der Waals surface area contributed by atoms with E-state index in [-0.39, 0.29) is 15.8 Å². The minimum Gasteiger partial charge on any atom is -0.507 e. The summed E-state index contributed by atoms with van der Waals surface area (Å²) >= 11 is 4.69. The number of aromatic hydroxyl groups is 1. The topological polar surface area (TPSA) is 20.2 Å². The summed E-state index contributed by atoms with van der Waals surface area (Å²) in [5, 5.41) is 12.5. The fraction of sp³-hybridized carbons (Fsp3) is 0.500. The highest BCUT2D eigenvalue weighted by molar-refractivity contribution is 7.80. The van der Waals surface area contributed by atoms with Gasteiger partial charge in [-0.2, -0.15) is 12.6 Å². The van der Waals surface area contributed by atoms with Crippen molar-refractivity contribution in [1.82, 2.24) is 0 Å². The van der Waals surface area contributed by atoms with Gasteiger partial charge in [-0.15, -0.1) is 0 Å². The molecule has 3 atom stereocenters. The van der Waals surface area contributed by atoms with Gasteiger partial charge in [-0.1, -0.05) is 86.0 Å². The van der Waals surface area contributed by atoms with E-state index in [1.807, 2.05) is 6.92 Å². The van der Waals surface area contributed by atoms with Crippen LogP contribution in [0.1, 0.15) is 81.9 Å². The van der Waals surface area contributed by atoms with Gasteiger partial charge in [0.1, 0.15) is 5.75 Å². The first-order chi connectivity index (χ1) is 12.5. The van der Waals surface area contributed by atoms with E-state index in [2.05, 4.69) is 77.9 Å². The molecule has 0 saturated heterocycles. The number of hydrogen-bond donors (Lipinski definition) is 2. The molecule has 0 fully saturated rings. The number of phenols is 1. The molecule has 0 radical (unpaired) electrons. The maximum atomic E-state index is 11.0. The Balaban J connectivity index is 2.62. The van der Waals surface area contributed by atoms with Gasteiger partial charge in [-0.3, -0.25) is 0 Å². The molecule has 0 heterocycles. The molecule has 148 valence electrons. The summed E-state index contributed by atoms with van der Waals surface area (Å²) in [6, 6.07) is 13.0. The van der Waals surface area contributed by atoms with Crippen molar-refractivity contribution in [3.8, 4) is 5.75 Å². The van der Waals surface area contributed by atoms with Crippen molar-refractivity contribution >= 4 is 26.5 Å². The molecule has 27 heavy (non-hydrogen) atoms. The predicted octanol–water partition coefficient (Wildman–Crippen LogP) is 7.01. The van der Waals surface area contributed by atoms with Gasteiger partial charge in [-0.25, -0.2) is 0 Å². The molecule has 0 spiro atoms. The van der Waals surface area contributed by atoms with Crippen LogP contribution in [0.2, 0.25) is 0 Å². The van der Waals surface area contributed by atoms with Gasteiger partial charge in [0.05, 0.1) is 0 Å². The number of benzene rings is 2. The number of hydrogen-bond acceptors (Lipinski definition) is 2. The van der Waals surface area contributed by atoms with Crippen molar-refractivity contribution in [3.63, 3.8) is 0 Å². The van der Waals surface area contributed by atoms with Gasteiger partial charge in [0.25, 0.3) is 0 Å². The monoisotopic (exact) mass is 402 g/mol. The Labute approximate surface area is 173 Å². The van der Waals surface area contributed by atoms with Crippen LogP contribution in [0.25, 0.3) is 0 Å². The highest BCUT2D eigenvalue weighted by Crippen LogP contribution is 2.50. The molecule has 0 bridgehead atoms. The van der Waals surface area contributed by atoms with Gasteiger partial charge in [0, 0.05) is 16.0 Å². The van der Waals surface area contributed by atoms with E-state index in [0.717, 1.165) is 24.0 Å². The van der Waals surface area contributed by atoms with E-state index in [1.165, 1.54) is 16.4 Å².